The van der Waals surface area contributed by atoms with Crippen LogP contribution in [-0.2, 0) is 19.1 Å². The Balaban J connectivity index is 2.04. The fraction of sp³-hybridized carbons (Fsp3) is 0.286. The molecule has 1 N–H and O–H groups in total. The van der Waals surface area contributed by atoms with Crippen molar-refractivity contribution < 1.29 is 28.8 Å². The summed E-state index contributed by atoms with van der Waals surface area (Å²) in [6.07, 6.45) is 0. The van der Waals surface area contributed by atoms with Gasteiger partial charge in [0, 0.05) is 0 Å². The van der Waals surface area contributed by atoms with Gasteiger partial charge in [0.1, 0.15) is 23.4 Å². The van der Waals surface area contributed by atoms with Crippen LogP contribution in [0, 0.1) is 16.0 Å². The fourth-order valence-corrected chi connectivity index (χ4v) is 2.77. The van der Waals surface area contributed by atoms with E-state index in [-0.39, 0.29) is 17.1 Å². The van der Waals surface area contributed by atoms with Gasteiger partial charge in [-0.15, -0.1) is 0 Å². The Kier molecular flexibility index (Phi) is 3.83. The van der Waals surface area contributed by atoms with Crippen LogP contribution in [0.2, 0.25) is 0 Å². The molecule has 1 aromatic rings. The number of nitro groups is 1. The predicted molar refractivity (Wildman–Crippen MR) is 82.0 cm³/mol. The molecule has 0 spiro atoms. The number of hydrazone groups is 1. The van der Waals surface area contributed by atoms with Gasteiger partial charge in [0.25, 0.3) is 11.6 Å². The summed E-state index contributed by atoms with van der Waals surface area (Å²) < 4.78 is 9.47. The maximum absolute atomic E-state index is 12.7. The highest BCUT2D eigenvalue weighted by Gasteiger charge is 2.56. The van der Waals surface area contributed by atoms with Gasteiger partial charge < -0.3 is 9.47 Å². The third-order valence-electron chi connectivity index (χ3n) is 3.94. The molecule has 2 atom stereocenters. The topological polar surface area (TPSA) is 140 Å². The number of rotatable bonds is 4. The number of hydrogen-bond donors (Lipinski definition) is 1. The van der Waals surface area contributed by atoms with Crippen molar-refractivity contribution in [2.24, 2.45) is 11.0 Å². The number of nitrogens with zero attached hydrogens (tertiary/aromatic N) is 3. The molecular weight excluding hydrogens is 336 g/mol. The summed E-state index contributed by atoms with van der Waals surface area (Å²) in [7, 11) is 2.45. The Morgan fingerprint density at radius 2 is 2.04 bits per heavy atom. The Morgan fingerprint density at radius 1 is 1.32 bits per heavy atom. The van der Waals surface area contributed by atoms with E-state index in [1.807, 2.05) is 0 Å². The molecule has 3 rings (SSSR count). The molecule has 2 amide bonds. The number of esters is 1. The van der Waals surface area contributed by atoms with Crippen molar-refractivity contribution in [2.75, 3.05) is 19.1 Å². The van der Waals surface area contributed by atoms with Crippen LogP contribution >= 0.6 is 0 Å². The number of carbonyl (C=O) groups excluding carboxylic acids is 3. The number of anilines is 1. The normalized spacial score (nSPS) is 21.5. The Bertz CT molecular complexity index is 834. The number of imide groups is 1. The van der Waals surface area contributed by atoms with Gasteiger partial charge in [0.2, 0.25) is 5.91 Å². The molecule has 0 aliphatic carbocycles. The van der Waals surface area contributed by atoms with Crippen LogP contribution in [0.4, 0.5) is 11.4 Å². The summed E-state index contributed by atoms with van der Waals surface area (Å²) in [4.78, 5) is 48.2. The summed E-state index contributed by atoms with van der Waals surface area (Å²) in [5.41, 5.74) is 1.49. The third-order valence-corrected chi connectivity index (χ3v) is 3.94. The number of carbonyl (C=O) groups is 3. The minimum absolute atomic E-state index is 0.199. The molecule has 0 bridgehead atoms. The number of methoxy groups -OCH3 is 2. The van der Waals surface area contributed by atoms with Gasteiger partial charge in [-0.05, 0) is 12.1 Å². The second-order valence-electron chi connectivity index (χ2n) is 5.20. The van der Waals surface area contributed by atoms with Crippen LogP contribution < -0.4 is 15.1 Å². The summed E-state index contributed by atoms with van der Waals surface area (Å²) in [5, 5.41) is 15.0. The molecule has 1 saturated heterocycles. The van der Waals surface area contributed by atoms with E-state index in [0.29, 0.717) is 4.90 Å². The molecule has 0 unspecified atom stereocenters. The molecule has 130 valence electrons. The first kappa shape index (κ1) is 16.4. The molecule has 25 heavy (non-hydrogen) atoms. The van der Waals surface area contributed by atoms with Gasteiger partial charge in [-0.25, -0.2) is 9.69 Å². The van der Waals surface area contributed by atoms with Crippen molar-refractivity contribution in [1.82, 2.24) is 5.43 Å². The zero-order valence-electron chi connectivity index (χ0n) is 13.1. The molecule has 2 heterocycles. The van der Waals surface area contributed by atoms with Crippen LogP contribution in [0.15, 0.2) is 23.3 Å². The van der Waals surface area contributed by atoms with Crippen molar-refractivity contribution in [3.05, 3.63) is 28.3 Å². The minimum Gasteiger partial charge on any atom is -0.496 e. The van der Waals surface area contributed by atoms with Gasteiger partial charge >= 0.3 is 5.97 Å². The van der Waals surface area contributed by atoms with Crippen molar-refractivity contribution in [3.63, 3.8) is 0 Å². The smallest absolute Gasteiger partial charge is 0.355 e. The highest BCUT2D eigenvalue weighted by molar-refractivity contribution is 6.46. The Hall–Kier alpha value is -3.50. The zero-order valence-corrected chi connectivity index (χ0v) is 13.1. The number of nitro benzene ring substituents is 1. The van der Waals surface area contributed by atoms with Gasteiger partial charge in [0.05, 0.1) is 25.2 Å². The summed E-state index contributed by atoms with van der Waals surface area (Å²) in [5.74, 6) is -3.39. The first-order valence-corrected chi connectivity index (χ1v) is 7.02. The van der Waals surface area contributed by atoms with Gasteiger partial charge in [-0.3, -0.25) is 25.1 Å². The first-order chi connectivity index (χ1) is 11.9. The molecular formula is C14H12N4O7. The van der Waals surface area contributed by atoms with Crippen LogP contribution in [0.3, 0.4) is 0 Å². The monoisotopic (exact) mass is 348 g/mol. The lowest BCUT2D eigenvalue weighted by Crippen LogP contribution is -2.36. The number of fused-ring (bicyclic) bond motifs is 1. The first-order valence-electron chi connectivity index (χ1n) is 7.02. The van der Waals surface area contributed by atoms with Crippen molar-refractivity contribution >= 4 is 34.9 Å². The van der Waals surface area contributed by atoms with Gasteiger partial charge in [-0.2, -0.15) is 5.10 Å². The maximum Gasteiger partial charge on any atom is 0.355 e. The molecule has 2 aliphatic heterocycles. The van der Waals surface area contributed by atoms with E-state index in [4.69, 9.17) is 4.74 Å². The second-order valence-corrected chi connectivity index (χ2v) is 5.20. The zero-order chi connectivity index (χ0) is 18.3. The van der Waals surface area contributed by atoms with E-state index in [9.17, 15) is 24.5 Å². The van der Waals surface area contributed by atoms with Crippen LogP contribution in [0.25, 0.3) is 0 Å². The molecule has 11 nitrogen and oxygen atoms in total. The highest BCUT2D eigenvalue weighted by atomic mass is 16.6. The third kappa shape index (κ3) is 2.36. The molecule has 11 heteroatoms. The molecule has 2 aliphatic rings. The number of benzene rings is 1. The van der Waals surface area contributed by atoms with Gasteiger partial charge in [0.15, 0.2) is 5.71 Å². The largest absolute Gasteiger partial charge is 0.496 e. The predicted octanol–water partition coefficient (Wildman–Crippen LogP) is -0.406. The maximum atomic E-state index is 12.7. The average Bonchev–Trinajstić information content (AvgIpc) is 3.14. The highest BCUT2D eigenvalue weighted by Crippen LogP contribution is 2.37. The van der Waals surface area contributed by atoms with Crippen molar-refractivity contribution in [2.45, 2.75) is 6.04 Å². The molecule has 0 aromatic heterocycles. The quantitative estimate of drug-likeness (QED) is 0.335. The lowest BCUT2D eigenvalue weighted by atomic mass is 9.99. The van der Waals surface area contributed by atoms with E-state index >= 15 is 0 Å². The molecule has 1 aromatic carbocycles. The van der Waals surface area contributed by atoms with Crippen LogP contribution in [0.1, 0.15) is 0 Å². The van der Waals surface area contributed by atoms with E-state index < -0.39 is 40.4 Å². The fourth-order valence-electron chi connectivity index (χ4n) is 2.77. The standard InChI is InChI=1S/C14H12N4O7/c1-24-6-3-4-7(8(5-6)18(22)23)17-12(19)9-10(13(17)20)15-16-11(9)14(21)25-2/h3-5,9-10,15H,1-2H3/t9-,10+/m0/s1. The lowest BCUT2D eigenvalue weighted by Gasteiger charge is -2.16. The number of nitrogens with one attached hydrogen (secondary N) is 1. The van der Waals surface area contributed by atoms with Crippen molar-refractivity contribution in [1.29, 1.82) is 0 Å². The molecule has 1 fully saturated rings. The van der Waals surface area contributed by atoms with E-state index in [0.717, 1.165) is 13.2 Å². The van der Waals surface area contributed by atoms with E-state index in [1.54, 1.807) is 0 Å². The lowest BCUT2D eigenvalue weighted by molar-refractivity contribution is -0.384. The molecule has 0 saturated carbocycles. The number of hydrogen-bond acceptors (Lipinski definition) is 9. The van der Waals surface area contributed by atoms with Crippen molar-refractivity contribution in [3.8, 4) is 5.75 Å². The van der Waals surface area contributed by atoms with Crippen LogP contribution in [0.5, 0.6) is 5.75 Å². The second kappa shape index (κ2) is 5.85. The summed E-state index contributed by atoms with van der Waals surface area (Å²) in [6, 6.07) is 2.62. The Morgan fingerprint density at radius 3 is 2.64 bits per heavy atom. The van der Waals surface area contributed by atoms with Gasteiger partial charge in [-0.1, -0.05) is 0 Å². The van der Waals surface area contributed by atoms with Crippen LogP contribution in [-0.4, -0.2) is 48.7 Å². The summed E-state index contributed by atoms with van der Waals surface area (Å²) >= 11 is 0. The minimum atomic E-state index is -1.19. The number of amides is 2. The SMILES string of the molecule is COC(=O)C1=NN[C@H]2C(=O)N(c3ccc(OC)cc3[N+](=O)[O-])C(=O)[C@H]12. The molecule has 0 radical (unpaired) electrons. The number of ether oxygens (including phenoxy) is 2. The van der Waals surface area contributed by atoms with E-state index in [2.05, 4.69) is 15.3 Å². The average molecular weight is 348 g/mol. The Labute approximate surface area is 140 Å². The van der Waals surface area contributed by atoms with E-state index in [1.165, 1.54) is 19.2 Å². The summed E-state index contributed by atoms with van der Waals surface area (Å²) in [6.45, 7) is 0.